The Morgan fingerprint density at radius 3 is 2.52 bits per heavy atom. The zero-order valence-electron chi connectivity index (χ0n) is 22.5. The van der Waals surface area contributed by atoms with Gasteiger partial charge in [-0.1, -0.05) is 6.08 Å². The number of rotatable bonds is 3. The van der Waals surface area contributed by atoms with Gasteiger partial charge in [-0.05, 0) is 85.1 Å². The molecule has 40 heavy (non-hydrogen) atoms. The lowest BCUT2D eigenvalue weighted by Crippen LogP contribution is -2.49. The summed E-state index contributed by atoms with van der Waals surface area (Å²) in [5, 5.41) is 22.5. The first kappa shape index (κ1) is 24.0. The van der Waals surface area contributed by atoms with Crippen LogP contribution in [0, 0.1) is 5.92 Å². The third-order valence-electron chi connectivity index (χ3n) is 9.85. The molecule has 5 aliphatic heterocycles. The van der Waals surface area contributed by atoms with E-state index in [1.54, 1.807) is 6.07 Å². The van der Waals surface area contributed by atoms with Crippen LogP contribution in [0.3, 0.4) is 0 Å². The fourth-order valence-corrected chi connectivity index (χ4v) is 8.33. The van der Waals surface area contributed by atoms with Crippen molar-refractivity contribution >= 4 is 17.5 Å². The smallest absolute Gasteiger partial charge is 0.336 e. The van der Waals surface area contributed by atoms with Crippen LogP contribution in [-0.4, -0.2) is 59.3 Å². The van der Waals surface area contributed by atoms with Crippen molar-refractivity contribution in [2.45, 2.75) is 57.5 Å². The van der Waals surface area contributed by atoms with Crippen molar-refractivity contribution in [1.29, 1.82) is 0 Å². The topological polar surface area (TPSA) is 90.1 Å². The van der Waals surface area contributed by atoms with Crippen LogP contribution in [0.2, 0.25) is 0 Å². The summed E-state index contributed by atoms with van der Waals surface area (Å²) < 4.78 is 9.64. The predicted molar refractivity (Wildman–Crippen MR) is 149 cm³/mol. The molecule has 7 heteroatoms. The molecular weight excluding hydrogens is 504 g/mol. The van der Waals surface area contributed by atoms with E-state index < -0.39 is 11.9 Å². The van der Waals surface area contributed by atoms with Gasteiger partial charge in [-0.15, -0.1) is 0 Å². The maximum atomic E-state index is 12.6. The zero-order chi connectivity index (χ0) is 27.1. The number of nitrogens with zero attached hydrogens (tertiary/aromatic N) is 2. The van der Waals surface area contributed by atoms with E-state index in [0.29, 0.717) is 5.56 Å². The van der Waals surface area contributed by atoms with Crippen LogP contribution in [0.25, 0.3) is 5.57 Å². The summed E-state index contributed by atoms with van der Waals surface area (Å²) in [4.78, 5) is 27.2. The minimum atomic E-state index is -1.05. The summed E-state index contributed by atoms with van der Waals surface area (Å²) in [5.41, 5.74) is 8.24. The van der Waals surface area contributed by atoms with Crippen molar-refractivity contribution in [2.24, 2.45) is 5.92 Å². The fourth-order valence-electron chi connectivity index (χ4n) is 8.33. The molecule has 0 aromatic heterocycles. The third-order valence-corrected chi connectivity index (χ3v) is 9.85. The second-order valence-corrected chi connectivity index (χ2v) is 12.0. The number of hydrogen-bond acceptors (Lipinski definition) is 4. The largest absolute Gasteiger partial charge is 0.484 e. The van der Waals surface area contributed by atoms with Gasteiger partial charge in [-0.25, -0.2) is 14.2 Å². The Morgan fingerprint density at radius 2 is 1.73 bits per heavy atom. The number of aromatic carboxylic acids is 2. The molecule has 0 bridgehead atoms. The van der Waals surface area contributed by atoms with Crippen molar-refractivity contribution in [3.05, 3.63) is 85.6 Å². The number of carboxylic acid groups (broad SMARTS) is 2. The van der Waals surface area contributed by atoms with Crippen LogP contribution < -0.4 is 19.9 Å². The average Bonchev–Trinajstić information content (AvgIpc) is 2.96. The molecule has 6 aliphatic rings. The minimum Gasteiger partial charge on any atom is -0.484 e. The SMILES string of the molecule is O=C(O)c1ccc(C(=O)O)c(C2=c3cc4c5c(c3OC3C6=C7C(=CC23)CCCN7CCC6)CCC[N+]=5CCC4)c1. The lowest BCUT2D eigenvalue weighted by molar-refractivity contribution is 0.0680. The standard InChI is InChI=1S/C33H32N2O5/c36-32(37)20-9-10-21(33(38)39)24(17-20)27-25-15-18-5-1-11-34-13-3-7-22(28(18)34)30(25)40-31-23-8-4-14-35-12-2-6-19(29(23)35)16-26(27)31/h9-10,15-17,25,30H,1-8,11-14H2,(H-,36,37,38,39)/p+1. The first-order chi connectivity index (χ1) is 19.5. The van der Waals surface area contributed by atoms with E-state index in [-0.39, 0.29) is 23.1 Å². The molecule has 0 saturated carbocycles. The summed E-state index contributed by atoms with van der Waals surface area (Å²) in [6, 6.07) is 6.70. The van der Waals surface area contributed by atoms with Crippen LogP contribution in [0.5, 0.6) is 5.75 Å². The Bertz CT molecular complexity index is 1710. The van der Waals surface area contributed by atoms with Gasteiger partial charge in [0.1, 0.15) is 24.9 Å². The maximum absolute atomic E-state index is 12.6. The summed E-state index contributed by atoms with van der Waals surface area (Å²) >= 11 is 0. The van der Waals surface area contributed by atoms with E-state index in [1.807, 2.05) is 0 Å². The van der Waals surface area contributed by atoms with Gasteiger partial charge in [0.25, 0.3) is 0 Å². The maximum Gasteiger partial charge on any atom is 0.336 e. The number of ether oxygens (including phenoxy) is 1. The lowest BCUT2D eigenvalue weighted by Gasteiger charge is -2.47. The number of piperidine rings is 1. The minimum absolute atomic E-state index is 0.104. The van der Waals surface area contributed by atoms with Crippen molar-refractivity contribution in [1.82, 2.24) is 9.48 Å². The predicted octanol–water partition coefficient (Wildman–Crippen LogP) is 3.13. The molecule has 204 valence electrons. The summed E-state index contributed by atoms with van der Waals surface area (Å²) in [7, 11) is 0. The van der Waals surface area contributed by atoms with E-state index in [1.165, 1.54) is 45.5 Å². The molecule has 2 N–H and O–H groups in total. The van der Waals surface area contributed by atoms with E-state index in [0.717, 1.165) is 94.1 Å². The molecule has 2 atom stereocenters. The Kier molecular flexibility index (Phi) is 5.28. The van der Waals surface area contributed by atoms with E-state index >= 15 is 0 Å². The van der Waals surface area contributed by atoms with Gasteiger partial charge in [0.15, 0.2) is 0 Å². The molecule has 7 nitrogen and oxygen atoms in total. The highest BCUT2D eigenvalue weighted by Gasteiger charge is 2.44. The Balaban J connectivity index is 1.49. The normalized spacial score (nSPS) is 24.3. The number of fused-ring (bicyclic) bond motifs is 4. The molecule has 2 aromatic rings. The van der Waals surface area contributed by atoms with Gasteiger partial charge >= 0.3 is 11.9 Å². The quantitative estimate of drug-likeness (QED) is 0.585. The molecule has 2 aromatic carbocycles. The second-order valence-electron chi connectivity index (χ2n) is 12.0. The zero-order valence-corrected chi connectivity index (χ0v) is 22.5. The number of benzene rings is 2. The number of aryl methyl sites for hydroxylation is 1. The van der Waals surface area contributed by atoms with Gasteiger partial charge in [0, 0.05) is 48.3 Å². The number of carboxylic acids is 2. The third kappa shape index (κ3) is 3.39. The van der Waals surface area contributed by atoms with Crippen LogP contribution in [-0.2, 0) is 12.8 Å². The van der Waals surface area contributed by atoms with Gasteiger partial charge < -0.3 is 19.8 Å². The van der Waals surface area contributed by atoms with Crippen molar-refractivity contribution < 1.29 is 24.5 Å². The lowest BCUT2D eigenvalue weighted by atomic mass is 9.71. The molecule has 2 unspecified atom stereocenters. The van der Waals surface area contributed by atoms with Gasteiger partial charge in [-0.2, -0.15) is 0 Å². The molecule has 5 heterocycles. The second kappa shape index (κ2) is 8.82. The Morgan fingerprint density at radius 1 is 0.925 bits per heavy atom. The highest BCUT2D eigenvalue weighted by atomic mass is 16.5. The summed E-state index contributed by atoms with van der Waals surface area (Å²) in [6.45, 7) is 4.25. The van der Waals surface area contributed by atoms with Crippen LogP contribution in [0.1, 0.15) is 75.9 Å². The Labute approximate surface area is 232 Å². The first-order valence-corrected chi connectivity index (χ1v) is 14.8. The molecule has 1 saturated heterocycles. The van der Waals surface area contributed by atoms with E-state index in [2.05, 4.69) is 21.6 Å². The van der Waals surface area contributed by atoms with Crippen LogP contribution in [0.15, 0.2) is 47.2 Å². The highest BCUT2D eigenvalue weighted by Crippen LogP contribution is 2.47. The van der Waals surface area contributed by atoms with Crippen molar-refractivity contribution in [2.75, 3.05) is 26.2 Å². The number of allylic oxidation sites excluding steroid dienone is 1. The fraction of sp³-hybridized carbons (Fsp3) is 0.424. The Hall–Kier alpha value is -3.87. The number of hydrogen-bond donors (Lipinski definition) is 2. The van der Waals surface area contributed by atoms with Crippen LogP contribution >= 0.6 is 0 Å². The molecule has 0 radical (unpaired) electrons. The van der Waals surface area contributed by atoms with Crippen molar-refractivity contribution in [3.8, 4) is 5.75 Å². The molecular formula is C33H33N2O5+. The highest BCUT2D eigenvalue weighted by molar-refractivity contribution is 5.98. The van der Waals surface area contributed by atoms with Gasteiger partial charge in [0.2, 0.25) is 5.36 Å². The number of carbonyl (C=O) groups is 2. The monoisotopic (exact) mass is 537 g/mol. The van der Waals surface area contributed by atoms with Crippen LogP contribution in [0.4, 0.5) is 0 Å². The average molecular weight is 538 g/mol. The van der Waals surface area contributed by atoms with Gasteiger partial charge in [-0.3, -0.25) is 0 Å². The molecule has 1 fully saturated rings. The van der Waals surface area contributed by atoms with Crippen molar-refractivity contribution in [3.63, 3.8) is 0 Å². The first-order valence-electron chi connectivity index (χ1n) is 14.8. The summed E-state index contributed by atoms with van der Waals surface area (Å²) in [6.07, 6.45) is 10.4. The molecule has 0 spiro atoms. The molecule has 8 rings (SSSR count). The molecule has 1 aliphatic carbocycles. The molecule has 0 amide bonds. The van der Waals surface area contributed by atoms with Gasteiger partial charge in [0.05, 0.1) is 16.7 Å². The summed E-state index contributed by atoms with van der Waals surface area (Å²) in [5.74, 6) is -1.38. The van der Waals surface area contributed by atoms with E-state index in [9.17, 15) is 19.8 Å². The van der Waals surface area contributed by atoms with E-state index in [4.69, 9.17) is 4.74 Å².